The smallest absolute Gasteiger partial charge is 0.211 e. The van der Waals surface area contributed by atoms with Gasteiger partial charge in [-0.1, -0.05) is 20.8 Å². The van der Waals surface area contributed by atoms with Crippen LogP contribution in [0.1, 0.15) is 38.2 Å². The molecule has 1 heterocycles. The number of hydrogen-bond donors (Lipinski definition) is 0. The third-order valence-corrected chi connectivity index (χ3v) is 2.17. The molecule has 0 radical (unpaired) electrons. The van der Waals surface area contributed by atoms with E-state index < -0.39 is 6.10 Å². The molecule has 0 aromatic carbocycles. The number of ether oxygens (including phenoxy) is 1. The maximum absolute atomic E-state index is 12.2. The molecule has 0 aliphatic carbocycles. The molecule has 88 valence electrons. The number of hydrogen-bond acceptors (Lipinski definition) is 4. The van der Waals surface area contributed by atoms with Crippen molar-refractivity contribution in [2.45, 2.75) is 33.8 Å². The van der Waals surface area contributed by atoms with Crippen molar-refractivity contribution in [3.8, 4) is 0 Å². The highest BCUT2D eigenvalue weighted by Gasteiger charge is 2.33. The molecule has 1 atom stereocenters. The molecular weight excluding hydrogens is 204 g/mol. The second-order valence-electron chi connectivity index (χ2n) is 4.66. The highest BCUT2D eigenvalue weighted by atomic mass is 16.5. The first kappa shape index (κ1) is 12.8. The molecular formula is C12H18N2O2. The van der Waals surface area contributed by atoms with E-state index in [2.05, 4.69) is 9.97 Å². The molecule has 1 aromatic heterocycles. The lowest BCUT2D eigenvalue weighted by Gasteiger charge is -2.28. The lowest BCUT2D eigenvalue weighted by molar-refractivity contribution is -0.000596. The molecule has 0 aliphatic rings. The normalized spacial score (nSPS) is 13.5. The van der Waals surface area contributed by atoms with Gasteiger partial charge in [0.25, 0.3) is 0 Å². The fourth-order valence-corrected chi connectivity index (χ4v) is 1.45. The SMILES string of the molecule is CCOC(C(=O)c1cnccn1)C(C)(C)C. The third kappa shape index (κ3) is 3.10. The van der Waals surface area contributed by atoms with Crippen LogP contribution >= 0.6 is 0 Å². The third-order valence-electron chi connectivity index (χ3n) is 2.17. The van der Waals surface area contributed by atoms with Gasteiger partial charge in [-0.15, -0.1) is 0 Å². The quantitative estimate of drug-likeness (QED) is 0.732. The van der Waals surface area contributed by atoms with E-state index >= 15 is 0 Å². The Hall–Kier alpha value is -1.29. The van der Waals surface area contributed by atoms with E-state index in [1.165, 1.54) is 12.4 Å². The molecule has 0 amide bonds. The number of nitrogens with zero attached hydrogens (tertiary/aromatic N) is 2. The van der Waals surface area contributed by atoms with Crippen LogP contribution in [0.4, 0.5) is 0 Å². The summed E-state index contributed by atoms with van der Waals surface area (Å²) in [6.45, 7) is 8.31. The Kier molecular flexibility index (Phi) is 4.12. The van der Waals surface area contributed by atoms with Crippen LogP contribution in [0, 0.1) is 5.41 Å². The maximum atomic E-state index is 12.2. The van der Waals surface area contributed by atoms with Gasteiger partial charge in [0.05, 0.1) is 6.20 Å². The first-order valence-electron chi connectivity index (χ1n) is 5.38. The lowest BCUT2D eigenvalue weighted by atomic mass is 9.85. The second-order valence-corrected chi connectivity index (χ2v) is 4.66. The molecule has 0 fully saturated rings. The van der Waals surface area contributed by atoms with Gasteiger partial charge in [-0.2, -0.15) is 0 Å². The van der Waals surface area contributed by atoms with E-state index in [0.717, 1.165) is 0 Å². The minimum Gasteiger partial charge on any atom is -0.370 e. The number of ketones is 1. The van der Waals surface area contributed by atoms with Crippen LogP contribution in [0.3, 0.4) is 0 Å². The van der Waals surface area contributed by atoms with Crippen molar-refractivity contribution >= 4 is 5.78 Å². The minimum atomic E-state index is -0.478. The second kappa shape index (κ2) is 5.16. The van der Waals surface area contributed by atoms with Crippen LogP contribution in [-0.4, -0.2) is 28.5 Å². The fourth-order valence-electron chi connectivity index (χ4n) is 1.45. The van der Waals surface area contributed by atoms with Crippen molar-refractivity contribution in [1.29, 1.82) is 0 Å². The van der Waals surface area contributed by atoms with Gasteiger partial charge in [0.1, 0.15) is 11.8 Å². The first-order chi connectivity index (χ1) is 7.46. The van der Waals surface area contributed by atoms with Crippen molar-refractivity contribution in [1.82, 2.24) is 9.97 Å². The molecule has 4 nitrogen and oxygen atoms in total. The predicted octanol–water partition coefficient (Wildman–Crippen LogP) is 2.11. The molecule has 0 spiro atoms. The Morgan fingerprint density at radius 1 is 1.44 bits per heavy atom. The van der Waals surface area contributed by atoms with E-state index in [-0.39, 0.29) is 11.2 Å². The summed E-state index contributed by atoms with van der Waals surface area (Å²) < 4.78 is 5.51. The average molecular weight is 222 g/mol. The average Bonchev–Trinajstić information content (AvgIpc) is 2.25. The molecule has 1 unspecified atom stereocenters. The molecule has 16 heavy (non-hydrogen) atoms. The fraction of sp³-hybridized carbons (Fsp3) is 0.583. The Morgan fingerprint density at radius 3 is 2.56 bits per heavy atom. The topological polar surface area (TPSA) is 52.1 Å². The van der Waals surface area contributed by atoms with E-state index in [1.54, 1.807) is 6.20 Å². The Bertz CT molecular complexity index is 344. The molecule has 0 bridgehead atoms. The highest BCUT2D eigenvalue weighted by molar-refractivity contribution is 5.98. The zero-order valence-corrected chi connectivity index (χ0v) is 10.2. The largest absolute Gasteiger partial charge is 0.370 e. The predicted molar refractivity (Wildman–Crippen MR) is 61.2 cm³/mol. The van der Waals surface area contributed by atoms with E-state index in [1.807, 2.05) is 27.7 Å². The van der Waals surface area contributed by atoms with E-state index in [0.29, 0.717) is 12.3 Å². The van der Waals surface area contributed by atoms with Crippen LogP contribution in [-0.2, 0) is 4.74 Å². The summed E-state index contributed by atoms with van der Waals surface area (Å²) in [6.07, 6.45) is 4.05. The molecule has 1 rings (SSSR count). The first-order valence-corrected chi connectivity index (χ1v) is 5.38. The van der Waals surface area contributed by atoms with Crippen molar-refractivity contribution in [2.75, 3.05) is 6.61 Å². The van der Waals surface area contributed by atoms with Crippen molar-refractivity contribution in [3.05, 3.63) is 24.3 Å². The number of carbonyl (C=O) groups excluding carboxylic acids is 1. The van der Waals surface area contributed by atoms with Crippen LogP contribution in [0.25, 0.3) is 0 Å². The van der Waals surface area contributed by atoms with Crippen LogP contribution in [0.15, 0.2) is 18.6 Å². The van der Waals surface area contributed by atoms with Gasteiger partial charge in [0.2, 0.25) is 5.78 Å². The van der Waals surface area contributed by atoms with Crippen molar-refractivity contribution in [3.63, 3.8) is 0 Å². The zero-order chi connectivity index (χ0) is 12.2. The molecule has 0 N–H and O–H groups in total. The molecule has 0 saturated carbocycles. The molecule has 4 heteroatoms. The van der Waals surface area contributed by atoms with Crippen molar-refractivity contribution in [2.24, 2.45) is 5.41 Å². The summed E-state index contributed by atoms with van der Waals surface area (Å²) >= 11 is 0. The highest BCUT2D eigenvalue weighted by Crippen LogP contribution is 2.24. The minimum absolute atomic E-state index is 0.109. The van der Waals surface area contributed by atoms with Gasteiger partial charge in [0, 0.05) is 19.0 Å². The van der Waals surface area contributed by atoms with Gasteiger partial charge in [-0.3, -0.25) is 9.78 Å². The van der Waals surface area contributed by atoms with Crippen LogP contribution in [0.2, 0.25) is 0 Å². The number of aromatic nitrogens is 2. The van der Waals surface area contributed by atoms with E-state index in [9.17, 15) is 4.79 Å². The Labute approximate surface area is 96.1 Å². The van der Waals surface area contributed by atoms with E-state index in [4.69, 9.17) is 4.74 Å². The van der Waals surface area contributed by atoms with Gasteiger partial charge in [-0.05, 0) is 12.3 Å². The zero-order valence-electron chi connectivity index (χ0n) is 10.2. The Balaban J connectivity index is 2.92. The molecule has 1 aromatic rings. The Morgan fingerprint density at radius 2 is 2.12 bits per heavy atom. The number of rotatable bonds is 4. The summed E-state index contributed by atoms with van der Waals surface area (Å²) in [5.74, 6) is -0.109. The lowest BCUT2D eigenvalue weighted by Crippen LogP contribution is -2.37. The maximum Gasteiger partial charge on any atom is 0.211 e. The van der Waals surface area contributed by atoms with Crippen molar-refractivity contribution < 1.29 is 9.53 Å². The summed E-state index contributed by atoms with van der Waals surface area (Å²) in [5.41, 5.74) is 0.112. The van der Waals surface area contributed by atoms with Crippen LogP contribution in [0.5, 0.6) is 0 Å². The van der Waals surface area contributed by atoms with Gasteiger partial charge in [0.15, 0.2) is 0 Å². The van der Waals surface area contributed by atoms with Gasteiger partial charge < -0.3 is 4.74 Å². The van der Waals surface area contributed by atoms with Gasteiger partial charge >= 0.3 is 0 Å². The summed E-state index contributed by atoms with van der Waals surface area (Å²) in [5, 5.41) is 0. The summed E-state index contributed by atoms with van der Waals surface area (Å²) in [4.78, 5) is 20.0. The molecule has 0 aliphatic heterocycles. The van der Waals surface area contributed by atoms with Gasteiger partial charge in [-0.25, -0.2) is 4.98 Å². The van der Waals surface area contributed by atoms with Crippen LogP contribution < -0.4 is 0 Å². The summed E-state index contributed by atoms with van der Waals surface area (Å²) in [6, 6.07) is 0. The standard InChI is InChI=1S/C12H18N2O2/c1-5-16-11(12(2,3)4)10(15)9-8-13-6-7-14-9/h6-8,11H,5H2,1-4H3. The summed E-state index contributed by atoms with van der Waals surface area (Å²) in [7, 11) is 0. The monoisotopic (exact) mass is 222 g/mol. The number of Topliss-reactive ketones (excluding diaryl/α,β-unsaturated/α-hetero) is 1. The number of carbonyl (C=O) groups is 1. The molecule has 0 saturated heterocycles.